The van der Waals surface area contributed by atoms with Crippen molar-refractivity contribution >= 4 is 23.5 Å². The van der Waals surface area contributed by atoms with E-state index in [0.717, 1.165) is 0 Å². The molecule has 0 saturated carbocycles. The summed E-state index contributed by atoms with van der Waals surface area (Å²) in [6.07, 6.45) is 2.92. The molecule has 1 saturated heterocycles. The number of likely N-dealkylation sites (tertiary alicyclic amines) is 1. The maximum absolute atomic E-state index is 12.6. The minimum absolute atomic E-state index is 0.0514. The third-order valence-electron chi connectivity index (χ3n) is 5.32. The number of esters is 1. The highest BCUT2D eigenvalue weighted by Gasteiger charge is 2.28. The molecule has 3 heterocycles. The Bertz CT molecular complexity index is 974. The van der Waals surface area contributed by atoms with Gasteiger partial charge in [0.15, 0.2) is 18.1 Å². The summed E-state index contributed by atoms with van der Waals surface area (Å²) in [6.45, 7) is 3.28. The number of aromatic nitrogens is 1. The number of hydrogen-bond acceptors (Lipinski definition) is 7. The fourth-order valence-corrected chi connectivity index (χ4v) is 3.91. The zero-order valence-corrected chi connectivity index (χ0v) is 17.9. The third-order valence-corrected chi connectivity index (χ3v) is 5.53. The molecule has 0 unspecified atom stereocenters. The van der Waals surface area contributed by atoms with Gasteiger partial charge in [0.25, 0.3) is 5.91 Å². The van der Waals surface area contributed by atoms with Crippen molar-refractivity contribution in [3.63, 3.8) is 0 Å². The number of pyridine rings is 1. The summed E-state index contributed by atoms with van der Waals surface area (Å²) < 4.78 is 21.4. The molecule has 1 aromatic carbocycles. The molecule has 1 fully saturated rings. The first kappa shape index (κ1) is 21.2. The Labute approximate surface area is 185 Å². The fraction of sp³-hybridized carbons (Fsp3) is 0.409. The maximum atomic E-state index is 12.6. The van der Waals surface area contributed by atoms with Crippen molar-refractivity contribution in [3.05, 3.63) is 46.7 Å². The Morgan fingerprint density at radius 3 is 2.74 bits per heavy atom. The number of carbonyl (C=O) groups is 2. The molecule has 164 valence electrons. The first-order chi connectivity index (χ1) is 15.0. The van der Waals surface area contributed by atoms with Crippen LogP contribution in [-0.4, -0.2) is 54.9 Å². The Hall–Kier alpha value is -3.00. The van der Waals surface area contributed by atoms with Crippen LogP contribution in [0.5, 0.6) is 17.2 Å². The Morgan fingerprint density at radius 2 is 1.97 bits per heavy atom. The Morgan fingerprint density at radius 1 is 1.19 bits per heavy atom. The maximum Gasteiger partial charge on any atom is 0.340 e. The quantitative estimate of drug-likeness (QED) is 0.628. The van der Waals surface area contributed by atoms with Crippen LogP contribution in [-0.2, 0) is 9.53 Å². The minimum atomic E-state index is -0.428. The van der Waals surface area contributed by atoms with Gasteiger partial charge in [0.1, 0.15) is 5.75 Å². The molecule has 8 nitrogen and oxygen atoms in total. The second-order valence-corrected chi connectivity index (χ2v) is 7.70. The molecule has 0 spiro atoms. The molecule has 2 aliphatic rings. The van der Waals surface area contributed by atoms with E-state index in [1.165, 1.54) is 6.20 Å². The highest BCUT2D eigenvalue weighted by Crippen LogP contribution is 2.35. The van der Waals surface area contributed by atoms with Crippen LogP contribution in [0, 0.1) is 0 Å². The molecule has 1 aromatic heterocycles. The summed E-state index contributed by atoms with van der Waals surface area (Å²) in [5, 5.41) is 0.389. The topological polar surface area (TPSA) is 87.2 Å². The van der Waals surface area contributed by atoms with Gasteiger partial charge >= 0.3 is 5.97 Å². The van der Waals surface area contributed by atoms with Crippen LogP contribution in [0.25, 0.3) is 0 Å². The van der Waals surface area contributed by atoms with Crippen LogP contribution in [0.2, 0.25) is 5.02 Å². The van der Waals surface area contributed by atoms with Crippen molar-refractivity contribution in [1.29, 1.82) is 0 Å². The normalized spacial score (nSPS) is 15.6. The van der Waals surface area contributed by atoms with Crippen molar-refractivity contribution in [3.8, 4) is 17.2 Å². The summed E-state index contributed by atoms with van der Waals surface area (Å²) in [7, 11) is 0. The lowest BCUT2D eigenvalue weighted by molar-refractivity contribution is -0.134. The number of piperidine rings is 1. The number of rotatable bonds is 6. The summed E-state index contributed by atoms with van der Waals surface area (Å²) in [5.74, 6) is 1.36. The molecule has 9 heteroatoms. The first-order valence-electron chi connectivity index (χ1n) is 10.2. The van der Waals surface area contributed by atoms with Crippen LogP contribution in [0.1, 0.15) is 41.7 Å². The van der Waals surface area contributed by atoms with E-state index in [9.17, 15) is 9.59 Å². The lowest BCUT2D eigenvalue weighted by Crippen LogP contribution is -2.40. The standard InChI is InChI=1S/C22H23ClN2O6/c1-2-28-22(27)17-9-15(23)11-24-21(17)14-5-7-25(8-6-14)20(26)12-29-16-3-4-18-19(10-16)31-13-30-18/h3-4,9-11,14H,2,5-8,12-13H2,1H3. The van der Waals surface area contributed by atoms with Crippen molar-refractivity contribution in [1.82, 2.24) is 9.88 Å². The lowest BCUT2D eigenvalue weighted by atomic mass is 9.90. The smallest absolute Gasteiger partial charge is 0.340 e. The highest BCUT2D eigenvalue weighted by atomic mass is 35.5. The third kappa shape index (κ3) is 4.85. The van der Waals surface area contributed by atoms with Gasteiger partial charge < -0.3 is 23.8 Å². The zero-order chi connectivity index (χ0) is 21.8. The van der Waals surface area contributed by atoms with Gasteiger partial charge in [-0.15, -0.1) is 0 Å². The summed E-state index contributed by atoms with van der Waals surface area (Å²) >= 11 is 6.03. The number of halogens is 1. The number of carbonyl (C=O) groups excluding carboxylic acids is 2. The van der Waals surface area contributed by atoms with E-state index in [0.29, 0.717) is 59.5 Å². The summed E-state index contributed by atoms with van der Waals surface area (Å²) in [6, 6.07) is 6.81. The number of benzene rings is 1. The lowest BCUT2D eigenvalue weighted by Gasteiger charge is -2.32. The average Bonchev–Trinajstić information content (AvgIpc) is 3.25. The molecule has 0 N–H and O–H groups in total. The second kappa shape index (κ2) is 9.43. The van der Waals surface area contributed by atoms with E-state index in [1.807, 2.05) is 0 Å². The number of fused-ring (bicyclic) bond motifs is 1. The molecule has 0 atom stereocenters. The fourth-order valence-electron chi connectivity index (χ4n) is 3.75. The van der Waals surface area contributed by atoms with Gasteiger partial charge in [0.05, 0.1) is 22.9 Å². The SMILES string of the molecule is CCOC(=O)c1cc(Cl)cnc1C1CCN(C(=O)COc2ccc3c(c2)OCO3)CC1. The Kier molecular flexibility index (Phi) is 6.46. The Balaban J connectivity index is 1.33. The van der Waals surface area contributed by atoms with Crippen LogP contribution in [0.3, 0.4) is 0 Å². The van der Waals surface area contributed by atoms with Gasteiger partial charge in [-0.25, -0.2) is 4.79 Å². The predicted molar refractivity (Wildman–Crippen MR) is 112 cm³/mol. The largest absolute Gasteiger partial charge is 0.484 e. The van der Waals surface area contributed by atoms with Crippen molar-refractivity contribution in [2.24, 2.45) is 0 Å². The van der Waals surface area contributed by atoms with Gasteiger partial charge in [0, 0.05) is 31.3 Å². The highest BCUT2D eigenvalue weighted by molar-refractivity contribution is 6.30. The van der Waals surface area contributed by atoms with Crippen LogP contribution in [0.15, 0.2) is 30.5 Å². The predicted octanol–water partition coefficient (Wildman–Crippen LogP) is 3.43. The van der Waals surface area contributed by atoms with Crippen LogP contribution < -0.4 is 14.2 Å². The molecule has 2 aliphatic heterocycles. The molecule has 0 radical (unpaired) electrons. The van der Waals surface area contributed by atoms with E-state index < -0.39 is 5.97 Å². The molecular formula is C22H23ClN2O6. The zero-order valence-electron chi connectivity index (χ0n) is 17.1. The minimum Gasteiger partial charge on any atom is -0.484 e. The number of hydrogen-bond donors (Lipinski definition) is 0. The number of ether oxygens (including phenoxy) is 4. The van der Waals surface area contributed by atoms with Gasteiger partial charge in [0.2, 0.25) is 6.79 Å². The van der Waals surface area contributed by atoms with E-state index in [1.54, 1.807) is 36.1 Å². The van der Waals surface area contributed by atoms with E-state index in [2.05, 4.69) is 4.98 Å². The van der Waals surface area contributed by atoms with E-state index in [-0.39, 0.29) is 31.8 Å². The molecular weight excluding hydrogens is 424 g/mol. The molecule has 2 aromatic rings. The van der Waals surface area contributed by atoms with Gasteiger partial charge in [-0.3, -0.25) is 9.78 Å². The first-order valence-corrected chi connectivity index (χ1v) is 10.6. The van der Waals surface area contributed by atoms with Crippen molar-refractivity contribution in [2.75, 3.05) is 33.1 Å². The van der Waals surface area contributed by atoms with Crippen LogP contribution in [0.4, 0.5) is 0 Å². The summed E-state index contributed by atoms with van der Waals surface area (Å²) in [5.41, 5.74) is 1.07. The van der Waals surface area contributed by atoms with Gasteiger partial charge in [-0.05, 0) is 38.0 Å². The number of nitrogens with zero attached hydrogens (tertiary/aromatic N) is 2. The molecule has 4 rings (SSSR count). The summed E-state index contributed by atoms with van der Waals surface area (Å²) in [4.78, 5) is 31.1. The molecule has 31 heavy (non-hydrogen) atoms. The van der Waals surface area contributed by atoms with E-state index >= 15 is 0 Å². The second-order valence-electron chi connectivity index (χ2n) is 7.27. The van der Waals surface area contributed by atoms with Crippen LogP contribution >= 0.6 is 11.6 Å². The van der Waals surface area contributed by atoms with Gasteiger partial charge in [-0.1, -0.05) is 11.6 Å². The van der Waals surface area contributed by atoms with Gasteiger partial charge in [-0.2, -0.15) is 0 Å². The number of amides is 1. The molecule has 0 aliphatic carbocycles. The van der Waals surface area contributed by atoms with E-state index in [4.69, 9.17) is 30.5 Å². The molecule has 0 bridgehead atoms. The van der Waals surface area contributed by atoms with Crippen molar-refractivity contribution < 1.29 is 28.5 Å². The van der Waals surface area contributed by atoms with Crippen molar-refractivity contribution in [2.45, 2.75) is 25.7 Å². The molecule has 1 amide bonds. The monoisotopic (exact) mass is 446 g/mol. The average molecular weight is 447 g/mol.